The van der Waals surface area contributed by atoms with Crippen molar-refractivity contribution in [3.8, 4) is 11.4 Å². The number of nitrogens with two attached hydrogens (primary N) is 1. The minimum Gasteiger partial charge on any atom is -0.336 e. The van der Waals surface area contributed by atoms with Crippen molar-refractivity contribution in [1.29, 1.82) is 0 Å². The molecule has 2 heterocycles. The fraction of sp³-hybridized carbons (Fsp3) is 0.364. The number of rotatable bonds is 4. The molecule has 0 saturated carbocycles. The summed E-state index contributed by atoms with van der Waals surface area (Å²) in [5, 5.41) is 7.21. The SMILES string of the molecule is CC(C)(N)CNc1nc(-c2ccnc(Cl)c2)no1. The normalized spacial score (nSPS) is 11.6. The zero-order chi connectivity index (χ0) is 13.2. The lowest BCUT2D eigenvalue weighted by Crippen LogP contribution is -2.39. The van der Waals surface area contributed by atoms with Crippen LogP contribution in [0.4, 0.5) is 6.01 Å². The molecule has 0 aliphatic rings. The largest absolute Gasteiger partial charge is 0.336 e. The van der Waals surface area contributed by atoms with E-state index < -0.39 is 0 Å². The third kappa shape index (κ3) is 3.41. The Morgan fingerprint density at radius 1 is 1.50 bits per heavy atom. The topological polar surface area (TPSA) is 89.9 Å². The van der Waals surface area contributed by atoms with Crippen LogP contribution < -0.4 is 11.1 Å². The van der Waals surface area contributed by atoms with Gasteiger partial charge < -0.3 is 15.6 Å². The standard InChI is InChI=1S/C11H14ClN5O/c1-11(2,13)6-15-10-16-9(17-18-10)7-3-4-14-8(12)5-7/h3-5H,6,13H2,1-2H3,(H,15,16,17). The summed E-state index contributed by atoms with van der Waals surface area (Å²) in [5.74, 6) is 0.455. The zero-order valence-electron chi connectivity index (χ0n) is 10.1. The molecule has 0 saturated heterocycles. The molecule has 96 valence electrons. The highest BCUT2D eigenvalue weighted by atomic mass is 35.5. The van der Waals surface area contributed by atoms with Crippen LogP contribution in [0.1, 0.15) is 13.8 Å². The van der Waals surface area contributed by atoms with Gasteiger partial charge in [0.2, 0.25) is 5.82 Å². The minimum atomic E-state index is -0.353. The van der Waals surface area contributed by atoms with Gasteiger partial charge in [-0.25, -0.2) is 4.98 Å². The maximum Gasteiger partial charge on any atom is 0.321 e. The van der Waals surface area contributed by atoms with E-state index in [2.05, 4.69) is 20.4 Å². The summed E-state index contributed by atoms with van der Waals surface area (Å²) in [6.07, 6.45) is 1.59. The fourth-order valence-electron chi connectivity index (χ4n) is 1.26. The molecule has 0 fully saturated rings. The summed E-state index contributed by atoms with van der Waals surface area (Å²) >= 11 is 5.79. The molecule has 0 aliphatic carbocycles. The molecule has 0 aliphatic heterocycles. The first kappa shape index (κ1) is 12.8. The molecule has 0 atom stereocenters. The second kappa shape index (κ2) is 4.91. The Morgan fingerprint density at radius 2 is 2.28 bits per heavy atom. The highest BCUT2D eigenvalue weighted by Gasteiger charge is 2.13. The first-order chi connectivity index (χ1) is 8.44. The van der Waals surface area contributed by atoms with Crippen LogP contribution in [0.25, 0.3) is 11.4 Å². The molecule has 18 heavy (non-hydrogen) atoms. The minimum absolute atomic E-state index is 0.330. The fourth-order valence-corrected chi connectivity index (χ4v) is 1.43. The van der Waals surface area contributed by atoms with Crippen molar-refractivity contribution in [3.63, 3.8) is 0 Å². The third-order valence-electron chi connectivity index (χ3n) is 2.11. The molecule has 2 aromatic heterocycles. The monoisotopic (exact) mass is 267 g/mol. The molecule has 3 N–H and O–H groups in total. The van der Waals surface area contributed by atoms with Gasteiger partial charge in [-0.3, -0.25) is 0 Å². The molecular formula is C11H14ClN5O. The molecule has 0 unspecified atom stereocenters. The van der Waals surface area contributed by atoms with Crippen molar-refractivity contribution in [1.82, 2.24) is 15.1 Å². The van der Waals surface area contributed by atoms with Crippen LogP contribution in [0.2, 0.25) is 5.15 Å². The summed E-state index contributed by atoms with van der Waals surface area (Å²) in [5.41, 5.74) is 6.24. The number of hydrogen-bond acceptors (Lipinski definition) is 6. The maximum atomic E-state index is 5.84. The Hall–Kier alpha value is -1.66. The summed E-state index contributed by atoms with van der Waals surface area (Å²) in [4.78, 5) is 8.08. The quantitative estimate of drug-likeness (QED) is 0.823. The highest BCUT2D eigenvalue weighted by Crippen LogP contribution is 2.19. The van der Waals surface area contributed by atoms with Gasteiger partial charge in [-0.1, -0.05) is 16.8 Å². The first-order valence-electron chi connectivity index (χ1n) is 5.42. The lowest BCUT2D eigenvalue weighted by molar-refractivity contribution is 0.426. The summed E-state index contributed by atoms with van der Waals surface area (Å²) in [6, 6.07) is 3.76. The van der Waals surface area contributed by atoms with E-state index in [4.69, 9.17) is 21.9 Å². The van der Waals surface area contributed by atoms with Crippen LogP contribution in [0.3, 0.4) is 0 Å². The van der Waals surface area contributed by atoms with Crippen molar-refractivity contribution < 1.29 is 4.52 Å². The molecule has 0 amide bonds. The molecule has 6 nitrogen and oxygen atoms in total. The van der Waals surface area contributed by atoms with Gasteiger partial charge in [0.1, 0.15) is 5.15 Å². The molecule has 0 aromatic carbocycles. The second-order valence-corrected chi connectivity index (χ2v) is 5.02. The Balaban J connectivity index is 2.11. The average Bonchev–Trinajstić information content (AvgIpc) is 2.74. The van der Waals surface area contributed by atoms with E-state index in [-0.39, 0.29) is 5.54 Å². The predicted molar refractivity (Wildman–Crippen MR) is 69.3 cm³/mol. The Morgan fingerprint density at radius 3 is 2.94 bits per heavy atom. The van der Waals surface area contributed by atoms with Crippen LogP contribution in [0.15, 0.2) is 22.9 Å². The van der Waals surface area contributed by atoms with Gasteiger partial charge in [-0.2, -0.15) is 4.98 Å². The highest BCUT2D eigenvalue weighted by molar-refractivity contribution is 6.29. The van der Waals surface area contributed by atoms with E-state index in [9.17, 15) is 0 Å². The predicted octanol–water partition coefficient (Wildman–Crippen LogP) is 1.93. The molecule has 0 radical (unpaired) electrons. The third-order valence-corrected chi connectivity index (χ3v) is 2.31. The van der Waals surface area contributed by atoms with E-state index >= 15 is 0 Å². The number of nitrogens with zero attached hydrogens (tertiary/aromatic N) is 3. The smallest absolute Gasteiger partial charge is 0.321 e. The van der Waals surface area contributed by atoms with E-state index in [0.717, 1.165) is 5.56 Å². The van der Waals surface area contributed by atoms with Crippen LogP contribution in [-0.2, 0) is 0 Å². The van der Waals surface area contributed by atoms with Crippen LogP contribution in [0, 0.1) is 0 Å². The number of pyridine rings is 1. The van der Waals surface area contributed by atoms with Crippen molar-refractivity contribution >= 4 is 17.6 Å². The van der Waals surface area contributed by atoms with Gasteiger partial charge in [0, 0.05) is 23.8 Å². The van der Waals surface area contributed by atoms with Crippen LogP contribution in [-0.4, -0.2) is 27.2 Å². The average molecular weight is 268 g/mol. The van der Waals surface area contributed by atoms with E-state index in [1.807, 2.05) is 13.8 Å². The van der Waals surface area contributed by atoms with Crippen molar-refractivity contribution in [3.05, 3.63) is 23.5 Å². The van der Waals surface area contributed by atoms with E-state index in [0.29, 0.717) is 23.5 Å². The first-order valence-corrected chi connectivity index (χ1v) is 5.80. The lowest BCUT2D eigenvalue weighted by atomic mass is 10.1. The van der Waals surface area contributed by atoms with Crippen molar-refractivity contribution in [2.75, 3.05) is 11.9 Å². The zero-order valence-corrected chi connectivity index (χ0v) is 10.9. The Labute approximate surface area is 110 Å². The lowest BCUT2D eigenvalue weighted by Gasteiger charge is -2.17. The van der Waals surface area contributed by atoms with Gasteiger partial charge in [-0.15, -0.1) is 0 Å². The van der Waals surface area contributed by atoms with E-state index in [1.165, 1.54) is 0 Å². The van der Waals surface area contributed by atoms with Gasteiger partial charge in [0.15, 0.2) is 0 Å². The summed E-state index contributed by atoms with van der Waals surface area (Å²) in [6.45, 7) is 4.34. The van der Waals surface area contributed by atoms with Gasteiger partial charge in [-0.05, 0) is 26.0 Å². The van der Waals surface area contributed by atoms with Crippen LogP contribution >= 0.6 is 11.6 Å². The number of halogens is 1. The number of aromatic nitrogens is 3. The molecule has 0 bridgehead atoms. The van der Waals surface area contributed by atoms with Crippen LogP contribution in [0.5, 0.6) is 0 Å². The second-order valence-electron chi connectivity index (χ2n) is 4.63. The van der Waals surface area contributed by atoms with Gasteiger partial charge in [0.25, 0.3) is 0 Å². The summed E-state index contributed by atoms with van der Waals surface area (Å²) < 4.78 is 5.06. The summed E-state index contributed by atoms with van der Waals surface area (Å²) in [7, 11) is 0. The van der Waals surface area contributed by atoms with Gasteiger partial charge in [0.05, 0.1) is 0 Å². The van der Waals surface area contributed by atoms with Gasteiger partial charge >= 0.3 is 6.01 Å². The molecular weight excluding hydrogens is 254 g/mol. The number of hydrogen-bond donors (Lipinski definition) is 2. The van der Waals surface area contributed by atoms with Crippen molar-refractivity contribution in [2.45, 2.75) is 19.4 Å². The Kier molecular flexibility index (Phi) is 3.49. The number of anilines is 1. The number of nitrogens with one attached hydrogen (secondary N) is 1. The molecule has 2 aromatic rings. The maximum absolute atomic E-state index is 5.84. The Bertz CT molecular complexity index is 534. The molecule has 7 heteroatoms. The van der Waals surface area contributed by atoms with E-state index in [1.54, 1.807) is 18.3 Å². The van der Waals surface area contributed by atoms with Crippen molar-refractivity contribution in [2.24, 2.45) is 5.73 Å². The molecule has 0 spiro atoms. The molecule has 2 rings (SSSR count).